The van der Waals surface area contributed by atoms with Crippen LogP contribution in [-0.2, 0) is 31.2 Å². The molecule has 1 fully saturated rings. The zero-order valence-electron chi connectivity index (χ0n) is 16.7. The highest BCUT2D eigenvalue weighted by Gasteiger charge is 2.32. The maximum atomic E-state index is 12.8. The molecule has 3 aromatic rings. The fraction of sp³-hybridized carbons (Fsp3) is 0.409. The number of amides is 1. The molecule has 1 aromatic carbocycles. The van der Waals surface area contributed by atoms with E-state index in [-0.39, 0.29) is 24.2 Å². The lowest BCUT2D eigenvalue weighted by Crippen LogP contribution is -2.20. The maximum absolute atomic E-state index is 12.8. The van der Waals surface area contributed by atoms with E-state index < -0.39 is 0 Å². The number of aromatic nitrogens is 3. The highest BCUT2D eigenvalue weighted by atomic mass is 16.2. The van der Waals surface area contributed by atoms with Gasteiger partial charge in [0.25, 0.3) is 0 Å². The van der Waals surface area contributed by atoms with Crippen LogP contribution in [-0.4, -0.2) is 26.0 Å². The number of aryl methyl sites for hydroxylation is 2. The van der Waals surface area contributed by atoms with Crippen LogP contribution in [0.5, 0.6) is 0 Å². The molecule has 4 rings (SSSR count). The van der Waals surface area contributed by atoms with E-state index in [1.807, 2.05) is 42.1 Å². The first-order chi connectivity index (χ1) is 13.5. The number of rotatable bonds is 7. The second-order valence-electron chi connectivity index (χ2n) is 7.48. The summed E-state index contributed by atoms with van der Waals surface area (Å²) >= 11 is 0. The molecule has 1 N–H and O–H groups in total. The van der Waals surface area contributed by atoms with Crippen molar-refractivity contribution in [3.63, 3.8) is 0 Å². The molecule has 146 valence electrons. The molecule has 0 radical (unpaired) electrons. The predicted molar refractivity (Wildman–Crippen MR) is 110 cm³/mol. The largest absolute Gasteiger partial charge is 0.337 e. The Morgan fingerprint density at radius 2 is 1.93 bits per heavy atom. The molecular weight excluding hydrogens is 352 g/mol. The van der Waals surface area contributed by atoms with Gasteiger partial charge < -0.3 is 9.88 Å². The summed E-state index contributed by atoms with van der Waals surface area (Å²) in [7, 11) is 1.85. The third-order valence-corrected chi connectivity index (χ3v) is 5.49. The minimum Gasteiger partial charge on any atom is -0.337 e. The Hall–Kier alpha value is -2.89. The monoisotopic (exact) mass is 378 g/mol. The van der Waals surface area contributed by atoms with Crippen molar-refractivity contribution < 1.29 is 9.59 Å². The number of carbonyl (C=O) groups is 2. The molecule has 1 amide bonds. The van der Waals surface area contributed by atoms with Gasteiger partial charge in [0.1, 0.15) is 12.4 Å². The van der Waals surface area contributed by atoms with Gasteiger partial charge in [0.05, 0.1) is 5.69 Å². The van der Waals surface area contributed by atoms with Crippen molar-refractivity contribution in [3.8, 4) is 0 Å². The van der Waals surface area contributed by atoms with E-state index in [2.05, 4.69) is 24.3 Å². The summed E-state index contributed by atoms with van der Waals surface area (Å²) < 4.78 is 3.62. The van der Waals surface area contributed by atoms with Crippen LogP contribution in [0, 0.1) is 5.92 Å². The van der Waals surface area contributed by atoms with Gasteiger partial charge in [0.15, 0.2) is 5.78 Å². The quantitative estimate of drug-likeness (QED) is 0.637. The van der Waals surface area contributed by atoms with Crippen molar-refractivity contribution in [2.75, 3.05) is 5.32 Å². The topological polar surface area (TPSA) is 68.9 Å². The normalized spacial score (nSPS) is 13.8. The van der Waals surface area contributed by atoms with Gasteiger partial charge in [0.2, 0.25) is 5.91 Å². The molecule has 0 spiro atoms. The lowest BCUT2D eigenvalue weighted by molar-refractivity contribution is -0.116. The summed E-state index contributed by atoms with van der Waals surface area (Å²) in [5.41, 5.74) is 3.75. The number of Topliss-reactive ketones (excluding diaryl/α,β-unsaturated/α-hetero) is 1. The highest BCUT2D eigenvalue weighted by Crippen LogP contribution is 2.35. The first-order valence-corrected chi connectivity index (χ1v) is 10.00. The second-order valence-corrected chi connectivity index (χ2v) is 7.48. The number of nitrogens with zero attached hydrogens (tertiary/aromatic N) is 3. The molecule has 2 heterocycles. The Labute approximate surface area is 164 Å². The third kappa shape index (κ3) is 3.23. The van der Waals surface area contributed by atoms with Crippen molar-refractivity contribution in [2.24, 2.45) is 13.0 Å². The van der Waals surface area contributed by atoms with E-state index in [4.69, 9.17) is 0 Å². The molecule has 28 heavy (non-hydrogen) atoms. The fourth-order valence-corrected chi connectivity index (χ4v) is 3.90. The van der Waals surface area contributed by atoms with Gasteiger partial charge >= 0.3 is 0 Å². The Balaban J connectivity index is 1.61. The predicted octanol–water partition coefficient (Wildman–Crippen LogP) is 3.73. The molecular formula is C22H26N4O2. The molecule has 0 bridgehead atoms. The van der Waals surface area contributed by atoms with E-state index >= 15 is 0 Å². The van der Waals surface area contributed by atoms with Crippen LogP contribution >= 0.6 is 0 Å². The standard InChI is InChI=1S/C22H26N4O2/c1-4-15-18(5-2)24-25(3)22(15)23-20(27)13-26-12-17(21(28)14-10-11-14)16-8-6-7-9-19(16)26/h6-9,12,14H,4-5,10-11,13H2,1-3H3,(H,23,27). The van der Waals surface area contributed by atoms with Gasteiger partial charge in [0, 0.05) is 41.2 Å². The number of hydrogen-bond acceptors (Lipinski definition) is 3. The second kappa shape index (κ2) is 7.26. The van der Waals surface area contributed by atoms with Crippen molar-refractivity contribution in [1.82, 2.24) is 14.3 Å². The highest BCUT2D eigenvalue weighted by molar-refractivity contribution is 6.10. The van der Waals surface area contributed by atoms with Gasteiger partial charge in [-0.2, -0.15) is 5.10 Å². The van der Waals surface area contributed by atoms with Crippen LogP contribution in [0.15, 0.2) is 30.5 Å². The fourth-order valence-electron chi connectivity index (χ4n) is 3.90. The molecule has 0 atom stereocenters. The van der Waals surface area contributed by atoms with Crippen molar-refractivity contribution in [3.05, 3.63) is 47.3 Å². The van der Waals surface area contributed by atoms with Gasteiger partial charge in [-0.25, -0.2) is 0 Å². The van der Waals surface area contributed by atoms with E-state index in [0.717, 1.165) is 59.2 Å². The van der Waals surface area contributed by atoms with Gasteiger partial charge in [-0.1, -0.05) is 32.0 Å². The van der Waals surface area contributed by atoms with E-state index in [0.29, 0.717) is 0 Å². The van der Waals surface area contributed by atoms with Gasteiger partial charge in [-0.15, -0.1) is 0 Å². The molecule has 6 heteroatoms. The minimum atomic E-state index is -0.119. The van der Waals surface area contributed by atoms with Crippen molar-refractivity contribution in [1.29, 1.82) is 0 Å². The number of benzene rings is 1. The maximum Gasteiger partial charge on any atom is 0.245 e. The number of anilines is 1. The van der Waals surface area contributed by atoms with E-state index in [9.17, 15) is 9.59 Å². The molecule has 0 unspecified atom stereocenters. The smallest absolute Gasteiger partial charge is 0.245 e. The summed E-state index contributed by atoms with van der Waals surface area (Å²) in [6.07, 6.45) is 5.44. The zero-order valence-corrected chi connectivity index (χ0v) is 16.7. The van der Waals surface area contributed by atoms with Gasteiger partial charge in [-0.3, -0.25) is 14.3 Å². The van der Waals surface area contributed by atoms with E-state index in [1.165, 1.54) is 0 Å². The Kier molecular flexibility index (Phi) is 4.79. The van der Waals surface area contributed by atoms with Crippen LogP contribution in [0.4, 0.5) is 5.82 Å². The van der Waals surface area contributed by atoms with Crippen LogP contribution in [0.2, 0.25) is 0 Å². The summed E-state index contributed by atoms with van der Waals surface area (Å²) in [4.78, 5) is 25.5. The summed E-state index contributed by atoms with van der Waals surface area (Å²) in [5.74, 6) is 0.992. The molecule has 1 aliphatic rings. The molecule has 6 nitrogen and oxygen atoms in total. The summed E-state index contributed by atoms with van der Waals surface area (Å²) in [6.45, 7) is 4.30. The van der Waals surface area contributed by atoms with Crippen molar-refractivity contribution in [2.45, 2.75) is 46.1 Å². The Morgan fingerprint density at radius 3 is 2.61 bits per heavy atom. The SMILES string of the molecule is CCc1nn(C)c(NC(=O)Cn2cc(C(=O)C3CC3)c3ccccc32)c1CC. The minimum absolute atomic E-state index is 0.119. The first kappa shape index (κ1) is 18.5. The molecule has 0 aliphatic heterocycles. The average molecular weight is 378 g/mol. The third-order valence-electron chi connectivity index (χ3n) is 5.49. The molecule has 1 aliphatic carbocycles. The van der Waals surface area contributed by atoms with Crippen LogP contribution in [0.25, 0.3) is 10.9 Å². The number of ketones is 1. The van der Waals surface area contributed by atoms with Crippen LogP contribution in [0.3, 0.4) is 0 Å². The summed E-state index contributed by atoms with van der Waals surface area (Å²) in [6, 6.07) is 7.80. The number of para-hydroxylation sites is 1. The Morgan fingerprint density at radius 1 is 1.18 bits per heavy atom. The lowest BCUT2D eigenvalue weighted by Gasteiger charge is -2.09. The first-order valence-electron chi connectivity index (χ1n) is 10.00. The van der Waals surface area contributed by atoms with Crippen molar-refractivity contribution >= 4 is 28.4 Å². The number of fused-ring (bicyclic) bond motifs is 1. The average Bonchev–Trinajstić information content (AvgIpc) is 3.43. The van der Waals surface area contributed by atoms with E-state index in [1.54, 1.807) is 4.68 Å². The zero-order chi connectivity index (χ0) is 19.8. The summed E-state index contributed by atoms with van der Waals surface area (Å²) in [5, 5.41) is 8.47. The van der Waals surface area contributed by atoms with Crippen LogP contribution < -0.4 is 5.32 Å². The van der Waals surface area contributed by atoms with Crippen LogP contribution in [0.1, 0.15) is 48.3 Å². The molecule has 1 saturated carbocycles. The number of hydrogen-bond donors (Lipinski definition) is 1. The molecule has 2 aromatic heterocycles. The number of nitrogens with one attached hydrogen (secondary N) is 1. The van der Waals surface area contributed by atoms with Gasteiger partial charge in [-0.05, 0) is 31.7 Å². The number of carbonyl (C=O) groups excluding carboxylic acids is 2. The Bertz CT molecular complexity index is 1060. The lowest BCUT2D eigenvalue weighted by atomic mass is 10.1. The molecule has 0 saturated heterocycles.